The molecule has 5 heterocycles. The van der Waals surface area contributed by atoms with E-state index in [4.69, 9.17) is 0 Å². The molecule has 4 atom stereocenters. The van der Waals surface area contributed by atoms with Crippen molar-refractivity contribution in [1.29, 1.82) is 0 Å². The summed E-state index contributed by atoms with van der Waals surface area (Å²) in [6, 6.07) is 152. The highest BCUT2D eigenvalue weighted by molar-refractivity contribution is 8.00. The van der Waals surface area contributed by atoms with Crippen molar-refractivity contribution in [2.45, 2.75) is 80.2 Å². The lowest BCUT2D eigenvalue weighted by Crippen LogP contribution is -2.64. The summed E-state index contributed by atoms with van der Waals surface area (Å²) in [6.07, 6.45) is 6.61. The average Bonchev–Trinajstić information content (AvgIpc) is 1.66. The van der Waals surface area contributed by atoms with Crippen LogP contribution in [-0.4, -0.2) is 25.5 Å². The van der Waals surface area contributed by atoms with Gasteiger partial charge in [-0.25, -0.2) is 0 Å². The van der Waals surface area contributed by atoms with Crippen LogP contribution in [0.4, 0.5) is 56.9 Å². The number of fused-ring (bicyclic) bond motifs is 10. The summed E-state index contributed by atoms with van der Waals surface area (Å²) in [7, 11) is 0. The lowest BCUT2D eigenvalue weighted by atomic mass is 9.31. The van der Waals surface area contributed by atoms with Gasteiger partial charge in [0.2, 0.25) is 6.71 Å². The lowest BCUT2D eigenvalue weighted by molar-refractivity contribution is 0.00223. The van der Waals surface area contributed by atoms with Gasteiger partial charge < -0.3 is 19.6 Å². The van der Waals surface area contributed by atoms with Crippen LogP contribution < -0.4 is 52.4 Å². The van der Waals surface area contributed by atoms with E-state index in [0.29, 0.717) is 17.5 Å². The van der Waals surface area contributed by atoms with Crippen molar-refractivity contribution in [3.63, 3.8) is 0 Å². The van der Waals surface area contributed by atoms with Crippen molar-refractivity contribution in [1.82, 2.24) is 0 Å². The Morgan fingerprint density at radius 2 is 0.585 bits per heavy atom. The molecule has 1 saturated heterocycles. The van der Waals surface area contributed by atoms with Crippen molar-refractivity contribution >= 4 is 115 Å². The minimum Gasteiger partial charge on any atom is -0.365 e. The molecule has 8 aliphatic rings. The largest absolute Gasteiger partial charge is 0.365 e. The Morgan fingerprint density at radius 3 is 0.943 bits per heavy atom. The molecule has 17 aromatic rings. The highest BCUT2D eigenvalue weighted by Crippen LogP contribution is 2.73. The number of piperidine rings is 1. The molecule has 4 unspecified atom stereocenters. The first-order valence-corrected chi connectivity index (χ1v) is 45.0. The minimum absolute atomic E-state index is 0.163. The first-order valence-electron chi connectivity index (χ1n) is 44.2. The van der Waals surface area contributed by atoms with Gasteiger partial charge in [0.15, 0.2) is 0 Å². The van der Waals surface area contributed by atoms with Gasteiger partial charge in [-0.2, -0.15) is 0 Å². The molecule has 25 rings (SSSR count). The van der Waals surface area contributed by atoms with Gasteiger partial charge in [0.05, 0.1) is 17.1 Å². The first-order chi connectivity index (χ1) is 60.6. The third-order valence-electron chi connectivity index (χ3n) is 29.1. The number of rotatable bonds is 13. The molecule has 0 radical (unpaired) electrons. The zero-order chi connectivity index (χ0) is 81.3. The predicted octanol–water partition coefficient (Wildman–Crippen LogP) is 26.6. The number of para-hydroxylation sites is 2. The summed E-state index contributed by atoms with van der Waals surface area (Å²) in [6.45, 7) is 6.85. The third kappa shape index (κ3) is 11.4. The maximum absolute atomic E-state index is 3.00. The van der Waals surface area contributed by atoms with Crippen molar-refractivity contribution in [3.8, 4) is 100 Å². The second-order valence-electron chi connectivity index (χ2n) is 36.6. The molecule has 1 spiro atoms. The van der Waals surface area contributed by atoms with Gasteiger partial charge in [-0.1, -0.05) is 353 Å². The van der Waals surface area contributed by atoms with Crippen LogP contribution in [0.3, 0.4) is 0 Å². The van der Waals surface area contributed by atoms with Crippen LogP contribution in [0.2, 0.25) is 0 Å². The van der Waals surface area contributed by atoms with Gasteiger partial charge in [-0.05, 0) is 233 Å². The number of benzene rings is 17. The molecule has 3 aliphatic carbocycles. The van der Waals surface area contributed by atoms with Crippen LogP contribution in [0.5, 0.6) is 0 Å². The van der Waals surface area contributed by atoms with Gasteiger partial charge in [-0.3, -0.25) is 0 Å². The highest BCUT2D eigenvalue weighted by Gasteiger charge is 2.69. The zero-order valence-electron chi connectivity index (χ0n) is 69.2. The summed E-state index contributed by atoms with van der Waals surface area (Å²) in [5, 5.41) is 0. The van der Waals surface area contributed by atoms with E-state index < -0.39 is 0 Å². The van der Waals surface area contributed by atoms with Crippen molar-refractivity contribution in [2.75, 3.05) is 19.6 Å². The van der Waals surface area contributed by atoms with E-state index in [1.807, 2.05) is 11.8 Å². The van der Waals surface area contributed by atoms with E-state index in [1.165, 1.54) is 181 Å². The Kier molecular flexibility index (Phi) is 16.6. The standard InChI is InChI=1S/C116H88B2N4S/c1-115(2,3)86-66-105-110-106(67-86)122(114-96(81-49-27-11-28-50-81)61-85(76-39-17-6-18-40-76)62-97(114)82-51-29-12-30-52-82)104-71-108-101(70-100(104)117(110)98-53-31-33-55-102(98)120(105)112-92(77-41-19-7-20-42-77)57-83(74-35-13-4-14-36-74)58-93(112)78-43-21-8-22-44-78)118-99-54-32-34-56-103(99)121(107-68-89(69-109(123-108)111(107)118)119-90-64-87-63-88-65-91(119)73-116(87,88)72-90)113-94(79-45-23-9-24-46-79)59-84(75-37-15-5-16-38-75)60-95(113)80-47-25-10-26-48-80/h4-62,66-71,87-88,90-91H,63-65,72-73H2,1-3H3. The number of hydrogen-bond donors (Lipinski definition) is 0. The van der Waals surface area contributed by atoms with E-state index in [9.17, 15) is 0 Å². The normalized spacial score (nSPS) is 18.1. The van der Waals surface area contributed by atoms with Gasteiger partial charge in [0.1, 0.15) is 0 Å². The van der Waals surface area contributed by atoms with Gasteiger partial charge in [0, 0.05) is 95.1 Å². The molecular weight excluding hydrogens is 1500 g/mol. The average molecular weight is 1590 g/mol. The summed E-state index contributed by atoms with van der Waals surface area (Å²) in [5.41, 5.74) is 42.4. The molecule has 0 amide bonds. The van der Waals surface area contributed by atoms with Crippen LogP contribution in [0, 0.1) is 17.3 Å². The number of nitrogens with zero attached hydrogens (tertiary/aromatic N) is 4. The third-order valence-corrected chi connectivity index (χ3v) is 30.2. The van der Waals surface area contributed by atoms with Crippen LogP contribution in [0.25, 0.3) is 100 Å². The Morgan fingerprint density at radius 1 is 0.268 bits per heavy atom. The summed E-state index contributed by atoms with van der Waals surface area (Å²) in [4.78, 5) is 13.9. The Hall–Kier alpha value is -13.6. The van der Waals surface area contributed by atoms with E-state index in [2.05, 4.69) is 435 Å². The quantitative estimate of drug-likeness (QED) is 0.106. The maximum atomic E-state index is 3.00. The van der Waals surface area contributed by atoms with E-state index in [1.54, 1.807) is 0 Å². The number of anilines is 10. The van der Waals surface area contributed by atoms with Crippen LogP contribution in [0.1, 0.15) is 58.4 Å². The Labute approximate surface area is 726 Å². The SMILES string of the molecule is CC(C)(C)c1cc2c3c(c1)N(c1c(-c4ccccc4)cc(-c4ccccc4)cc1-c1ccccc1)c1cc4c(cc1B3c1ccccc1N2c1c(-c2ccccc2)cc(-c2ccccc2)cc1-c1ccccc1)B1c2ccccc2N(c2c(-c3ccccc3)cc(-c3ccccc3)cc2-c2ccccc2)c2cc(N3C5CC6CC7CC3CC67C5)cc(c21)S4. The number of hydrogen-bond acceptors (Lipinski definition) is 5. The molecule has 0 aromatic heterocycles. The van der Waals surface area contributed by atoms with Gasteiger partial charge >= 0.3 is 0 Å². The fraction of sp³-hybridized carbons (Fsp3) is 0.121. The molecule has 3 bridgehead atoms. The molecule has 123 heavy (non-hydrogen) atoms. The summed E-state index contributed by atoms with van der Waals surface area (Å²) < 4.78 is 0. The van der Waals surface area contributed by atoms with Gasteiger partial charge in [-0.15, -0.1) is 0 Å². The van der Waals surface area contributed by atoms with Crippen LogP contribution in [-0.2, 0) is 5.41 Å². The molecule has 584 valence electrons. The van der Waals surface area contributed by atoms with Gasteiger partial charge in [0.25, 0.3) is 6.71 Å². The highest BCUT2D eigenvalue weighted by atomic mass is 32.2. The molecular formula is C116H88B2N4S. The summed E-state index contributed by atoms with van der Waals surface area (Å²) in [5.74, 6) is 1.66. The zero-order valence-corrected chi connectivity index (χ0v) is 70.0. The summed E-state index contributed by atoms with van der Waals surface area (Å²) >= 11 is 2.03. The predicted molar refractivity (Wildman–Crippen MR) is 521 cm³/mol. The molecule has 0 N–H and O–H groups in total. The second-order valence-corrected chi connectivity index (χ2v) is 37.7. The Bertz CT molecular complexity index is 6880. The molecule has 5 aliphatic heterocycles. The molecule has 3 saturated carbocycles. The fourth-order valence-electron chi connectivity index (χ4n) is 23.7. The van der Waals surface area contributed by atoms with Crippen molar-refractivity contribution in [3.05, 3.63) is 400 Å². The van der Waals surface area contributed by atoms with E-state index in [0.717, 1.165) is 67.7 Å². The molecule has 4 fully saturated rings. The van der Waals surface area contributed by atoms with Crippen molar-refractivity contribution < 1.29 is 0 Å². The molecule has 7 heteroatoms. The topological polar surface area (TPSA) is 13.0 Å². The van der Waals surface area contributed by atoms with Crippen LogP contribution in [0.15, 0.2) is 404 Å². The smallest absolute Gasteiger partial charge is 0.252 e. The Balaban J connectivity index is 0.802. The van der Waals surface area contributed by atoms with Crippen LogP contribution >= 0.6 is 11.8 Å². The monoisotopic (exact) mass is 1590 g/mol. The minimum atomic E-state index is -0.326. The van der Waals surface area contributed by atoms with Crippen molar-refractivity contribution in [2.24, 2.45) is 17.3 Å². The van der Waals surface area contributed by atoms with E-state index >= 15 is 0 Å². The molecule has 17 aromatic carbocycles. The second kappa shape index (κ2) is 28.3. The molecule has 4 nitrogen and oxygen atoms in total. The fourth-order valence-corrected chi connectivity index (χ4v) is 24.9. The lowest BCUT2D eigenvalue weighted by Gasteiger charge is -2.49. The maximum Gasteiger partial charge on any atom is 0.252 e. The first kappa shape index (κ1) is 72.3. The van der Waals surface area contributed by atoms with E-state index in [-0.39, 0.29) is 18.8 Å².